The molecule has 0 radical (unpaired) electrons. The van der Waals surface area contributed by atoms with Crippen molar-refractivity contribution in [3.05, 3.63) is 59.7 Å². The molecule has 168 valence electrons. The second-order valence-corrected chi connectivity index (χ2v) is 8.03. The fourth-order valence-electron chi connectivity index (χ4n) is 3.22. The van der Waals surface area contributed by atoms with Crippen LogP contribution in [0.4, 0.5) is 5.69 Å². The minimum absolute atomic E-state index is 0.240. The molecule has 1 amide bonds. The molecule has 2 aromatic rings. The summed E-state index contributed by atoms with van der Waals surface area (Å²) in [6.07, 6.45) is 11.9. The molecule has 2 rings (SSSR count). The molecule has 0 unspecified atom stereocenters. The summed E-state index contributed by atoms with van der Waals surface area (Å²) in [7, 11) is 3.99. The minimum Gasteiger partial charge on any atom is -0.494 e. The van der Waals surface area contributed by atoms with E-state index >= 15 is 0 Å². The average Bonchev–Trinajstić information content (AvgIpc) is 2.78. The first kappa shape index (κ1) is 24.4. The van der Waals surface area contributed by atoms with Crippen LogP contribution in [0.25, 0.3) is 0 Å². The summed E-state index contributed by atoms with van der Waals surface area (Å²) >= 11 is 0. The van der Waals surface area contributed by atoms with Crippen LogP contribution < -0.4 is 15.1 Å². The molecule has 0 atom stereocenters. The van der Waals surface area contributed by atoms with Gasteiger partial charge in [-0.05, 0) is 48.4 Å². The number of carbonyl (C=O) groups excluding carboxylic acids is 1. The van der Waals surface area contributed by atoms with Crippen molar-refractivity contribution in [3.63, 3.8) is 0 Å². The Labute approximate surface area is 187 Å². The molecule has 0 heterocycles. The van der Waals surface area contributed by atoms with Crippen LogP contribution in [0.15, 0.2) is 53.6 Å². The number of unbranched alkanes of at least 4 members (excludes halogenated alkanes) is 7. The lowest BCUT2D eigenvalue weighted by atomic mass is 10.1. The normalized spacial score (nSPS) is 10.9. The molecule has 0 aliphatic rings. The minimum atomic E-state index is -0.240. The number of nitrogens with zero attached hydrogens (tertiary/aromatic N) is 2. The number of carbonyl (C=O) groups is 1. The maximum Gasteiger partial charge on any atom is 0.271 e. The van der Waals surface area contributed by atoms with Crippen LogP contribution in [0.5, 0.6) is 5.75 Å². The van der Waals surface area contributed by atoms with Crippen LogP contribution in [-0.4, -0.2) is 32.8 Å². The topological polar surface area (TPSA) is 53.9 Å². The highest BCUT2D eigenvalue weighted by Crippen LogP contribution is 2.14. The largest absolute Gasteiger partial charge is 0.494 e. The summed E-state index contributed by atoms with van der Waals surface area (Å²) < 4.78 is 5.79. The molecule has 0 aliphatic heterocycles. The number of nitrogens with one attached hydrogen (secondary N) is 1. The van der Waals surface area contributed by atoms with E-state index in [1.165, 1.54) is 44.9 Å². The molecular formula is C26H37N3O2. The van der Waals surface area contributed by atoms with Gasteiger partial charge in [-0.2, -0.15) is 5.10 Å². The van der Waals surface area contributed by atoms with Crippen LogP contribution in [0.3, 0.4) is 0 Å². The number of amides is 1. The van der Waals surface area contributed by atoms with Gasteiger partial charge in [0, 0.05) is 25.3 Å². The molecule has 31 heavy (non-hydrogen) atoms. The number of benzene rings is 2. The van der Waals surface area contributed by atoms with Crippen molar-refractivity contribution in [2.24, 2.45) is 5.10 Å². The van der Waals surface area contributed by atoms with E-state index in [-0.39, 0.29) is 5.91 Å². The Morgan fingerprint density at radius 3 is 2.13 bits per heavy atom. The summed E-state index contributed by atoms with van der Waals surface area (Å²) in [5.74, 6) is 0.555. The van der Waals surface area contributed by atoms with Gasteiger partial charge in [-0.1, -0.05) is 64.0 Å². The van der Waals surface area contributed by atoms with Crippen LogP contribution >= 0.6 is 0 Å². The van der Waals surface area contributed by atoms with Gasteiger partial charge < -0.3 is 9.64 Å². The van der Waals surface area contributed by atoms with Crippen molar-refractivity contribution in [3.8, 4) is 5.75 Å². The third kappa shape index (κ3) is 9.69. The SMILES string of the molecule is CCCCCCCCCCOc1ccc(C(=O)N/N=C/c2ccc(N(C)C)cc2)cc1. The molecule has 0 spiro atoms. The summed E-state index contributed by atoms with van der Waals surface area (Å²) in [5, 5.41) is 4.05. The van der Waals surface area contributed by atoms with Crippen LogP contribution in [0.1, 0.15) is 74.2 Å². The molecule has 0 fully saturated rings. The Balaban J connectivity index is 1.65. The van der Waals surface area contributed by atoms with Crippen LogP contribution in [0, 0.1) is 0 Å². The van der Waals surface area contributed by atoms with E-state index in [2.05, 4.69) is 17.5 Å². The number of hydrazone groups is 1. The molecule has 0 saturated heterocycles. The average molecular weight is 424 g/mol. The van der Waals surface area contributed by atoms with Gasteiger partial charge in [-0.3, -0.25) is 4.79 Å². The first-order valence-electron chi connectivity index (χ1n) is 11.4. The number of anilines is 1. The zero-order chi connectivity index (χ0) is 22.3. The van der Waals surface area contributed by atoms with Gasteiger partial charge in [-0.25, -0.2) is 5.43 Å². The van der Waals surface area contributed by atoms with Crippen LogP contribution in [0.2, 0.25) is 0 Å². The predicted molar refractivity (Wildman–Crippen MR) is 130 cm³/mol. The van der Waals surface area contributed by atoms with Crippen molar-refractivity contribution < 1.29 is 9.53 Å². The molecule has 1 N–H and O–H groups in total. The second-order valence-electron chi connectivity index (χ2n) is 8.03. The summed E-state index contributed by atoms with van der Waals surface area (Å²) in [6.45, 7) is 2.97. The molecule has 0 aliphatic carbocycles. The van der Waals surface area contributed by atoms with Gasteiger partial charge in [0.05, 0.1) is 12.8 Å². The number of hydrogen-bond donors (Lipinski definition) is 1. The Bertz CT molecular complexity index is 783. The third-order valence-electron chi connectivity index (χ3n) is 5.17. The third-order valence-corrected chi connectivity index (χ3v) is 5.17. The van der Waals surface area contributed by atoms with Crippen LogP contribution in [-0.2, 0) is 0 Å². The lowest BCUT2D eigenvalue weighted by molar-refractivity contribution is 0.0955. The molecular weight excluding hydrogens is 386 g/mol. The summed E-state index contributed by atoms with van der Waals surface area (Å²) in [4.78, 5) is 14.3. The van der Waals surface area contributed by atoms with Crippen molar-refractivity contribution in [2.45, 2.75) is 58.3 Å². The quantitative estimate of drug-likeness (QED) is 0.229. The molecule has 0 bridgehead atoms. The molecule has 0 saturated carbocycles. The molecule has 5 nitrogen and oxygen atoms in total. The second kappa shape index (κ2) is 14.2. The molecule has 5 heteroatoms. The molecule has 0 aromatic heterocycles. The van der Waals surface area contributed by atoms with Crippen molar-refractivity contribution in [1.29, 1.82) is 0 Å². The standard InChI is InChI=1S/C26H37N3O2/c1-4-5-6-7-8-9-10-11-20-31-25-18-14-23(15-19-25)26(30)28-27-21-22-12-16-24(17-13-22)29(2)3/h12-19,21H,4-11,20H2,1-3H3,(H,28,30)/b27-21+. The van der Waals surface area contributed by atoms with Crippen molar-refractivity contribution in [2.75, 3.05) is 25.6 Å². The maximum absolute atomic E-state index is 12.2. The van der Waals surface area contributed by atoms with Crippen molar-refractivity contribution in [1.82, 2.24) is 5.43 Å². The number of hydrogen-bond acceptors (Lipinski definition) is 4. The van der Waals surface area contributed by atoms with Gasteiger partial charge >= 0.3 is 0 Å². The zero-order valence-electron chi connectivity index (χ0n) is 19.3. The first-order chi connectivity index (χ1) is 15.1. The monoisotopic (exact) mass is 423 g/mol. The van der Waals surface area contributed by atoms with Crippen molar-refractivity contribution >= 4 is 17.8 Å². The van der Waals surface area contributed by atoms with Gasteiger partial charge in [0.15, 0.2) is 0 Å². The number of ether oxygens (including phenoxy) is 1. The lowest BCUT2D eigenvalue weighted by Crippen LogP contribution is -2.17. The fourth-order valence-corrected chi connectivity index (χ4v) is 3.22. The zero-order valence-corrected chi connectivity index (χ0v) is 19.3. The van der Waals surface area contributed by atoms with E-state index < -0.39 is 0 Å². The Kier molecular flexibility index (Phi) is 11.2. The van der Waals surface area contributed by atoms with Gasteiger partial charge in [0.2, 0.25) is 0 Å². The smallest absolute Gasteiger partial charge is 0.271 e. The summed E-state index contributed by atoms with van der Waals surface area (Å²) in [6, 6.07) is 15.1. The summed E-state index contributed by atoms with van der Waals surface area (Å²) in [5.41, 5.74) is 5.17. The van der Waals surface area contributed by atoms with E-state index in [0.29, 0.717) is 5.56 Å². The van der Waals surface area contributed by atoms with Gasteiger partial charge in [0.25, 0.3) is 5.91 Å². The van der Waals surface area contributed by atoms with E-state index in [9.17, 15) is 4.79 Å². The van der Waals surface area contributed by atoms with Gasteiger partial charge in [0.1, 0.15) is 5.75 Å². The predicted octanol–water partition coefficient (Wildman–Crippen LogP) is 6.04. The van der Waals surface area contributed by atoms with E-state index in [4.69, 9.17) is 4.74 Å². The first-order valence-corrected chi connectivity index (χ1v) is 11.4. The highest BCUT2D eigenvalue weighted by Gasteiger charge is 2.04. The van der Waals surface area contributed by atoms with E-state index in [0.717, 1.165) is 30.0 Å². The highest BCUT2D eigenvalue weighted by molar-refractivity contribution is 5.95. The fraction of sp³-hybridized carbons (Fsp3) is 0.462. The van der Waals surface area contributed by atoms with E-state index in [1.807, 2.05) is 55.4 Å². The number of rotatable bonds is 14. The Morgan fingerprint density at radius 1 is 0.903 bits per heavy atom. The molecule has 2 aromatic carbocycles. The van der Waals surface area contributed by atoms with Gasteiger partial charge in [-0.15, -0.1) is 0 Å². The lowest BCUT2D eigenvalue weighted by Gasteiger charge is -2.11. The highest BCUT2D eigenvalue weighted by atomic mass is 16.5. The maximum atomic E-state index is 12.2. The Morgan fingerprint density at radius 2 is 1.52 bits per heavy atom. The van der Waals surface area contributed by atoms with E-state index in [1.54, 1.807) is 18.3 Å². The Hall–Kier alpha value is -2.82.